The maximum atomic E-state index is 14.4. The standard InChI is InChI=1S/C20H9Br2F10N3O/c21-12-7-10(17(23,19(27,28)29)20(30,31)32)8-13(22)15(12)33-16(36)9-1-3-11(4-2-9)35-6-5-14(34-35)18(24,25)26/h1-8H,(H,33,36). The number of hydrogen-bond donors (Lipinski definition) is 1. The molecule has 0 spiro atoms. The van der Waals surface area contributed by atoms with E-state index >= 15 is 0 Å². The minimum Gasteiger partial charge on any atom is -0.320 e. The van der Waals surface area contributed by atoms with Gasteiger partial charge in [-0.05, 0) is 74.3 Å². The average Bonchev–Trinajstić information content (AvgIpc) is 3.25. The lowest BCUT2D eigenvalue weighted by Gasteiger charge is -2.31. The number of rotatable bonds is 4. The molecule has 1 N–H and O–H groups in total. The van der Waals surface area contributed by atoms with Crippen LogP contribution in [0, 0.1) is 0 Å². The van der Waals surface area contributed by atoms with Gasteiger partial charge in [-0.3, -0.25) is 4.79 Å². The zero-order valence-electron chi connectivity index (χ0n) is 17.0. The highest BCUT2D eigenvalue weighted by Crippen LogP contribution is 2.54. The van der Waals surface area contributed by atoms with Gasteiger partial charge >= 0.3 is 24.2 Å². The molecule has 0 saturated heterocycles. The number of nitrogens with one attached hydrogen (secondary N) is 1. The SMILES string of the molecule is O=C(Nc1c(Br)cc(C(F)(C(F)(F)F)C(F)(F)F)cc1Br)c1ccc(-n2ccc(C(F)(F)F)n2)cc1. The Morgan fingerprint density at radius 2 is 1.31 bits per heavy atom. The number of carbonyl (C=O) groups is 1. The number of nitrogens with zero attached hydrogens (tertiary/aromatic N) is 2. The molecule has 0 radical (unpaired) electrons. The van der Waals surface area contributed by atoms with E-state index in [9.17, 15) is 48.7 Å². The number of benzene rings is 2. The van der Waals surface area contributed by atoms with E-state index in [-0.39, 0.29) is 29.1 Å². The van der Waals surface area contributed by atoms with E-state index in [1.54, 1.807) is 0 Å². The molecule has 16 heteroatoms. The normalized spacial score (nSPS) is 13.1. The van der Waals surface area contributed by atoms with Gasteiger partial charge in [0.05, 0.1) is 11.4 Å². The average molecular weight is 657 g/mol. The highest BCUT2D eigenvalue weighted by molar-refractivity contribution is 9.11. The van der Waals surface area contributed by atoms with E-state index in [0.29, 0.717) is 0 Å². The highest BCUT2D eigenvalue weighted by atomic mass is 79.9. The molecule has 0 fully saturated rings. The fraction of sp³-hybridized carbons (Fsp3) is 0.200. The van der Waals surface area contributed by atoms with Gasteiger partial charge in [0.25, 0.3) is 5.91 Å². The van der Waals surface area contributed by atoms with Crippen molar-refractivity contribution in [1.82, 2.24) is 9.78 Å². The minimum absolute atomic E-state index is 0.0738. The summed E-state index contributed by atoms with van der Waals surface area (Å²) in [4.78, 5) is 12.5. The number of anilines is 1. The van der Waals surface area contributed by atoms with Gasteiger partial charge in [0.1, 0.15) is 0 Å². The van der Waals surface area contributed by atoms with Crippen molar-refractivity contribution in [2.75, 3.05) is 5.32 Å². The lowest BCUT2D eigenvalue weighted by atomic mass is 9.94. The van der Waals surface area contributed by atoms with Gasteiger partial charge in [-0.15, -0.1) is 0 Å². The molecular formula is C20H9Br2F10N3O. The molecular weight excluding hydrogens is 648 g/mol. The Morgan fingerprint density at radius 1 is 0.806 bits per heavy atom. The molecule has 0 aliphatic heterocycles. The predicted molar refractivity (Wildman–Crippen MR) is 113 cm³/mol. The van der Waals surface area contributed by atoms with Crippen LogP contribution in [0.15, 0.2) is 57.6 Å². The van der Waals surface area contributed by atoms with E-state index in [4.69, 9.17) is 0 Å². The Bertz CT molecular complexity index is 1240. The van der Waals surface area contributed by atoms with Crippen molar-refractivity contribution in [3.63, 3.8) is 0 Å². The third-order valence-corrected chi connectivity index (χ3v) is 5.98. The van der Waals surface area contributed by atoms with Gasteiger partial charge in [-0.25, -0.2) is 9.07 Å². The van der Waals surface area contributed by atoms with Crippen LogP contribution in [0.4, 0.5) is 49.6 Å². The molecule has 3 aromatic rings. The van der Waals surface area contributed by atoms with Crippen molar-refractivity contribution in [3.05, 3.63) is 74.4 Å². The van der Waals surface area contributed by atoms with Crippen molar-refractivity contribution >= 4 is 43.5 Å². The second kappa shape index (κ2) is 9.36. The lowest BCUT2D eigenvalue weighted by Crippen LogP contribution is -2.50. The molecule has 4 nitrogen and oxygen atoms in total. The Labute approximate surface area is 211 Å². The summed E-state index contributed by atoms with van der Waals surface area (Å²) in [7, 11) is 0. The van der Waals surface area contributed by atoms with Crippen LogP contribution < -0.4 is 5.32 Å². The van der Waals surface area contributed by atoms with Crippen molar-refractivity contribution in [3.8, 4) is 5.69 Å². The first kappa shape index (κ1) is 28.0. The molecule has 1 amide bonds. The van der Waals surface area contributed by atoms with E-state index in [1.165, 1.54) is 24.3 Å². The number of amides is 1. The summed E-state index contributed by atoms with van der Waals surface area (Å²) in [5.74, 6) is -0.884. The molecule has 1 aromatic heterocycles. The fourth-order valence-electron chi connectivity index (χ4n) is 2.95. The molecule has 0 bridgehead atoms. The molecule has 3 rings (SSSR count). The number of aromatic nitrogens is 2. The van der Waals surface area contributed by atoms with Gasteiger partial charge in [0.15, 0.2) is 5.69 Å². The minimum atomic E-state index is -6.33. The van der Waals surface area contributed by atoms with E-state index in [2.05, 4.69) is 42.3 Å². The Hall–Kier alpha value is -2.62. The highest BCUT2D eigenvalue weighted by Gasteiger charge is 2.73. The van der Waals surface area contributed by atoms with E-state index in [1.807, 2.05) is 0 Å². The molecule has 36 heavy (non-hydrogen) atoms. The van der Waals surface area contributed by atoms with Crippen LogP contribution >= 0.6 is 31.9 Å². The predicted octanol–water partition coefficient (Wildman–Crippen LogP) is 7.96. The molecule has 0 saturated carbocycles. The van der Waals surface area contributed by atoms with Crippen LogP contribution in [-0.4, -0.2) is 28.0 Å². The molecule has 0 aliphatic carbocycles. The molecule has 0 unspecified atom stereocenters. The largest absolute Gasteiger partial charge is 0.435 e. The Balaban J connectivity index is 1.87. The van der Waals surface area contributed by atoms with Crippen LogP contribution in [0.3, 0.4) is 0 Å². The van der Waals surface area contributed by atoms with Gasteiger partial charge in [-0.2, -0.15) is 44.6 Å². The smallest absolute Gasteiger partial charge is 0.320 e. The summed E-state index contributed by atoms with van der Waals surface area (Å²) in [6.07, 6.45) is -16.3. The van der Waals surface area contributed by atoms with Crippen molar-refractivity contribution in [2.45, 2.75) is 24.2 Å². The quantitative estimate of drug-likeness (QED) is 0.290. The molecule has 194 valence electrons. The second-order valence-electron chi connectivity index (χ2n) is 7.11. The molecule has 1 heterocycles. The Morgan fingerprint density at radius 3 is 1.72 bits per heavy atom. The number of alkyl halides is 10. The van der Waals surface area contributed by atoms with Crippen LogP contribution in [0.1, 0.15) is 21.6 Å². The molecule has 0 aliphatic rings. The van der Waals surface area contributed by atoms with Crippen molar-refractivity contribution < 1.29 is 48.7 Å². The number of halogens is 12. The van der Waals surface area contributed by atoms with Gasteiger partial charge in [0, 0.05) is 26.3 Å². The van der Waals surface area contributed by atoms with Gasteiger partial charge in [-0.1, -0.05) is 0 Å². The topological polar surface area (TPSA) is 46.9 Å². The summed E-state index contributed by atoms with van der Waals surface area (Å²) >= 11 is 5.47. The monoisotopic (exact) mass is 655 g/mol. The van der Waals surface area contributed by atoms with Crippen LogP contribution in [0.5, 0.6) is 0 Å². The third-order valence-electron chi connectivity index (χ3n) is 4.73. The summed E-state index contributed by atoms with van der Waals surface area (Å²) in [5.41, 5.74) is -8.82. The van der Waals surface area contributed by atoms with E-state index < -0.39 is 50.3 Å². The van der Waals surface area contributed by atoms with Crippen LogP contribution in [0.2, 0.25) is 0 Å². The van der Waals surface area contributed by atoms with Gasteiger partial charge < -0.3 is 5.32 Å². The second-order valence-corrected chi connectivity index (χ2v) is 8.82. The molecule has 2 aromatic carbocycles. The van der Waals surface area contributed by atoms with E-state index in [0.717, 1.165) is 16.9 Å². The summed E-state index contributed by atoms with van der Waals surface area (Å²) in [6, 6.07) is 6.09. The van der Waals surface area contributed by atoms with Crippen molar-refractivity contribution in [2.24, 2.45) is 0 Å². The lowest BCUT2D eigenvalue weighted by molar-refractivity contribution is -0.348. The van der Waals surface area contributed by atoms with Crippen LogP contribution in [0.25, 0.3) is 5.69 Å². The first-order chi connectivity index (χ1) is 16.4. The summed E-state index contributed by atoms with van der Waals surface area (Å²) < 4.78 is 131. The maximum absolute atomic E-state index is 14.4. The summed E-state index contributed by atoms with van der Waals surface area (Å²) in [5, 5.41) is 5.61. The first-order valence-electron chi connectivity index (χ1n) is 9.23. The fourth-order valence-corrected chi connectivity index (χ4v) is 4.33. The maximum Gasteiger partial charge on any atom is 0.435 e. The van der Waals surface area contributed by atoms with Gasteiger partial charge in [0.2, 0.25) is 0 Å². The number of carbonyl (C=O) groups excluding carboxylic acids is 1. The zero-order valence-corrected chi connectivity index (χ0v) is 20.1. The van der Waals surface area contributed by atoms with Crippen LogP contribution in [-0.2, 0) is 11.8 Å². The third kappa shape index (κ3) is 5.23. The van der Waals surface area contributed by atoms with Crippen molar-refractivity contribution in [1.29, 1.82) is 0 Å². The summed E-state index contributed by atoms with van der Waals surface area (Å²) in [6.45, 7) is 0. The first-order valence-corrected chi connectivity index (χ1v) is 10.8. The molecule has 0 atom stereocenters. The zero-order chi connectivity index (χ0) is 27.3. The Kier molecular flexibility index (Phi) is 7.27. The number of hydrogen-bond acceptors (Lipinski definition) is 2.